The molecule has 21 heavy (non-hydrogen) atoms. The molecule has 0 radical (unpaired) electrons. The molecular weight excluding hydrogens is 265 g/mol. The van der Waals surface area contributed by atoms with Crippen molar-refractivity contribution in [3.8, 4) is 0 Å². The number of pyridine rings is 1. The van der Waals surface area contributed by atoms with Gasteiger partial charge >= 0.3 is 0 Å². The Kier molecular flexibility index (Phi) is 3.64. The van der Waals surface area contributed by atoms with Crippen LogP contribution in [0.4, 0.5) is 4.39 Å². The molecule has 3 N–H and O–H groups in total. The maximum atomic E-state index is 13.8. The number of nitrogens with two attached hydrogens (primary N) is 1. The monoisotopic (exact) mass is 281 g/mol. The first-order valence-electron chi connectivity index (χ1n) is 6.75. The van der Waals surface area contributed by atoms with E-state index in [2.05, 4.69) is 10.4 Å². The van der Waals surface area contributed by atoms with E-state index >= 15 is 0 Å². The summed E-state index contributed by atoms with van der Waals surface area (Å²) >= 11 is 0. The van der Waals surface area contributed by atoms with Crippen molar-refractivity contribution in [3.05, 3.63) is 77.4 Å². The standard InChI is InChI=1S/C17H16FN3/c1-11-5-6-12(9-16(11)18)17(21-19)15-4-2-3-13-10-20-8-7-14(13)15/h2-10,17,21H,19H2,1H3. The summed E-state index contributed by atoms with van der Waals surface area (Å²) in [6.07, 6.45) is 3.55. The van der Waals surface area contributed by atoms with Gasteiger partial charge in [0.1, 0.15) is 5.82 Å². The van der Waals surface area contributed by atoms with Crippen molar-refractivity contribution in [2.75, 3.05) is 0 Å². The number of hydrogen-bond acceptors (Lipinski definition) is 3. The van der Waals surface area contributed by atoms with E-state index in [9.17, 15) is 4.39 Å². The molecule has 3 aromatic rings. The topological polar surface area (TPSA) is 50.9 Å². The summed E-state index contributed by atoms with van der Waals surface area (Å²) in [6.45, 7) is 1.74. The van der Waals surface area contributed by atoms with Crippen molar-refractivity contribution in [2.45, 2.75) is 13.0 Å². The zero-order valence-corrected chi connectivity index (χ0v) is 11.7. The minimum atomic E-state index is -0.272. The van der Waals surface area contributed by atoms with Gasteiger partial charge in [0, 0.05) is 17.8 Å². The Morgan fingerprint density at radius 1 is 1.19 bits per heavy atom. The normalized spacial score (nSPS) is 12.5. The number of halogens is 1. The Morgan fingerprint density at radius 3 is 2.81 bits per heavy atom. The second-order valence-corrected chi connectivity index (χ2v) is 5.05. The number of fused-ring (bicyclic) bond motifs is 1. The molecule has 1 unspecified atom stereocenters. The average Bonchev–Trinajstić information content (AvgIpc) is 2.52. The Hall–Kier alpha value is -2.30. The van der Waals surface area contributed by atoms with Crippen molar-refractivity contribution in [3.63, 3.8) is 0 Å². The summed E-state index contributed by atoms with van der Waals surface area (Å²) in [4.78, 5) is 4.13. The molecule has 3 rings (SSSR count). The quantitative estimate of drug-likeness (QED) is 0.572. The van der Waals surface area contributed by atoms with Gasteiger partial charge in [0.15, 0.2) is 0 Å². The molecule has 2 aromatic carbocycles. The lowest BCUT2D eigenvalue weighted by Gasteiger charge is -2.19. The number of hydrazine groups is 1. The zero-order valence-electron chi connectivity index (χ0n) is 11.7. The van der Waals surface area contributed by atoms with E-state index in [-0.39, 0.29) is 11.9 Å². The van der Waals surface area contributed by atoms with Crippen molar-refractivity contribution in [1.29, 1.82) is 0 Å². The van der Waals surface area contributed by atoms with Gasteiger partial charge in [-0.2, -0.15) is 0 Å². The Balaban J connectivity index is 2.16. The third-order valence-corrected chi connectivity index (χ3v) is 3.72. The van der Waals surface area contributed by atoms with Crippen LogP contribution in [0.3, 0.4) is 0 Å². The van der Waals surface area contributed by atoms with Gasteiger partial charge in [0.05, 0.1) is 6.04 Å². The zero-order chi connectivity index (χ0) is 14.8. The van der Waals surface area contributed by atoms with Gasteiger partial charge in [0.2, 0.25) is 0 Å². The first kappa shape index (κ1) is 13.7. The van der Waals surface area contributed by atoms with Crippen molar-refractivity contribution in [1.82, 2.24) is 10.4 Å². The molecule has 0 aliphatic heterocycles. The predicted octanol–water partition coefficient (Wildman–Crippen LogP) is 3.24. The largest absolute Gasteiger partial charge is 0.271 e. The molecule has 0 aliphatic rings. The maximum absolute atomic E-state index is 13.8. The molecule has 0 saturated heterocycles. The van der Waals surface area contributed by atoms with Gasteiger partial charge in [-0.3, -0.25) is 10.8 Å². The van der Waals surface area contributed by atoms with Gasteiger partial charge in [-0.05, 0) is 41.1 Å². The molecule has 3 nitrogen and oxygen atoms in total. The fourth-order valence-corrected chi connectivity index (χ4v) is 2.55. The first-order chi connectivity index (χ1) is 10.2. The van der Waals surface area contributed by atoms with E-state index in [4.69, 9.17) is 5.84 Å². The van der Waals surface area contributed by atoms with Crippen LogP contribution < -0.4 is 11.3 Å². The van der Waals surface area contributed by atoms with E-state index in [0.29, 0.717) is 5.56 Å². The molecule has 4 heteroatoms. The highest BCUT2D eigenvalue weighted by Gasteiger charge is 2.16. The molecule has 1 atom stereocenters. The van der Waals surface area contributed by atoms with Gasteiger partial charge in [-0.25, -0.2) is 9.82 Å². The molecule has 0 fully saturated rings. The third kappa shape index (κ3) is 2.51. The summed E-state index contributed by atoms with van der Waals surface area (Å²) in [5.41, 5.74) is 5.21. The highest BCUT2D eigenvalue weighted by Crippen LogP contribution is 2.28. The summed E-state index contributed by atoms with van der Waals surface area (Å²) in [5, 5.41) is 2.08. The summed E-state index contributed by atoms with van der Waals surface area (Å²) in [6, 6.07) is 12.8. The number of aromatic nitrogens is 1. The maximum Gasteiger partial charge on any atom is 0.126 e. The molecular formula is C17H16FN3. The SMILES string of the molecule is Cc1ccc(C(NN)c2cccc3cnccc23)cc1F. The van der Waals surface area contributed by atoms with Crippen molar-refractivity contribution >= 4 is 10.8 Å². The van der Waals surface area contributed by atoms with Crippen LogP contribution in [0.2, 0.25) is 0 Å². The Labute approximate surface area is 122 Å². The van der Waals surface area contributed by atoms with Crippen LogP contribution in [0.1, 0.15) is 22.7 Å². The Bertz CT molecular complexity index is 781. The Morgan fingerprint density at radius 2 is 2.05 bits per heavy atom. The van der Waals surface area contributed by atoms with Gasteiger partial charge in [-0.15, -0.1) is 0 Å². The van der Waals surface area contributed by atoms with Gasteiger partial charge in [0.25, 0.3) is 0 Å². The minimum Gasteiger partial charge on any atom is -0.271 e. The smallest absolute Gasteiger partial charge is 0.126 e. The van der Waals surface area contributed by atoms with Gasteiger partial charge < -0.3 is 0 Å². The van der Waals surface area contributed by atoms with E-state index in [1.165, 1.54) is 6.07 Å². The van der Waals surface area contributed by atoms with Crippen molar-refractivity contribution in [2.24, 2.45) is 5.84 Å². The van der Waals surface area contributed by atoms with Crippen LogP contribution in [0, 0.1) is 12.7 Å². The molecule has 1 heterocycles. The first-order valence-corrected chi connectivity index (χ1v) is 6.75. The lowest BCUT2D eigenvalue weighted by atomic mass is 9.94. The summed E-state index contributed by atoms with van der Waals surface area (Å²) in [5.74, 6) is 5.50. The summed E-state index contributed by atoms with van der Waals surface area (Å²) < 4.78 is 13.8. The van der Waals surface area contributed by atoms with Crippen LogP contribution in [-0.2, 0) is 0 Å². The molecule has 0 spiro atoms. The third-order valence-electron chi connectivity index (χ3n) is 3.72. The van der Waals surface area contributed by atoms with Crippen LogP contribution >= 0.6 is 0 Å². The van der Waals surface area contributed by atoms with Crippen LogP contribution in [0.5, 0.6) is 0 Å². The van der Waals surface area contributed by atoms with E-state index in [1.807, 2.05) is 36.5 Å². The highest BCUT2D eigenvalue weighted by atomic mass is 19.1. The van der Waals surface area contributed by atoms with Crippen LogP contribution in [0.25, 0.3) is 10.8 Å². The molecule has 0 saturated carbocycles. The van der Waals surface area contributed by atoms with Gasteiger partial charge in [-0.1, -0.05) is 30.3 Å². The van der Waals surface area contributed by atoms with Crippen molar-refractivity contribution < 1.29 is 4.39 Å². The fourth-order valence-electron chi connectivity index (χ4n) is 2.55. The van der Waals surface area contributed by atoms with Crippen LogP contribution in [0.15, 0.2) is 54.9 Å². The number of benzene rings is 2. The number of hydrogen-bond donors (Lipinski definition) is 2. The molecule has 0 amide bonds. The van der Waals surface area contributed by atoms with E-state index in [1.54, 1.807) is 19.2 Å². The fraction of sp³-hybridized carbons (Fsp3) is 0.118. The lowest BCUT2D eigenvalue weighted by Crippen LogP contribution is -2.29. The number of nitrogens with zero attached hydrogens (tertiary/aromatic N) is 1. The molecule has 1 aromatic heterocycles. The second kappa shape index (κ2) is 5.60. The minimum absolute atomic E-state index is 0.227. The second-order valence-electron chi connectivity index (χ2n) is 5.05. The molecule has 0 bridgehead atoms. The average molecular weight is 281 g/mol. The number of nitrogens with one attached hydrogen (secondary N) is 1. The highest BCUT2D eigenvalue weighted by molar-refractivity contribution is 5.85. The lowest BCUT2D eigenvalue weighted by molar-refractivity contribution is 0.600. The molecule has 0 aliphatic carbocycles. The number of aryl methyl sites for hydroxylation is 1. The predicted molar refractivity (Wildman–Crippen MR) is 82.0 cm³/mol. The summed E-state index contributed by atoms with van der Waals surface area (Å²) in [7, 11) is 0. The molecule has 106 valence electrons. The van der Waals surface area contributed by atoms with Crippen LogP contribution in [-0.4, -0.2) is 4.98 Å². The number of rotatable bonds is 3. The van der Waals surface area contributed by atoms with E-state index in [0.717, 1.165) is 21.9 Å². The van der Waals surface area contributed by atoms with E-state index < -0.39 is 0 Å².